The topological polar surface area (TPSA) is 71.3 Å². The van der Waals surface area contributed by atoms with Crippen LogP contribution in [-0.4, -0.2) is 32.0 Å². The van der Waals surface area contributed by atoms with Crippen molar-refractivity contribution < 1.29 is 12.8 Å². The van der Waals surface area contributed by atoms with Crippen LogP contribution in [0.25, 0.3) is 0 Å². The molecule has 7 heteroatoms. The Morgan fingerprint density at radius 2 is 2.14 bits per heavy atom. The fourth-order valence-electron chi connectivity index (χ4n) is 2.31. The van der Waals surface area contributed by atoms with Gasteiger partial charge in [0.05, 0.1) is 6.54 Å². The average Bonchev–Trinajstić information content (AvgIpc) is 3.35. The maximum atomic E-state index is 12.4. The van der Waals surface area contributed by atoms with E-state index in [2.05, 4.69) is 10.0 Å². The molecule has 0 bridgehead atoms. The summed E-state index contributed by atoms with van der Waals surface area (Å²) < 4.78 is 33.2. The molecule has 21 heavy (non-hydrogen) atoms. The molecule has 0 radical (unpaired) electrons. The zero-order chi connectivity index (χ0) is 15.1. The Morgan fingerprint density at radius 1 is 1.43 bits per heavy atom. The van der Waals surface area contributed by atoms with E-state index in [1.165, 1.54) is 12.8 Å². The van der Waals surface area contributed by atoms with Crippen molar-refractivity contribution in [2.75, 3.05) is 12.8 Å². The van der Waals surface area contributed by atoms with Gasteiger partial charge in [0, 0.05) is 23.4 Å². The molecule has 0 amide bonds. The van der Waals surface area contributed by atoms with Gasteiger partial charge in [-0.05, 0) is 38.9 Å². The fourth-order valence-corrected chi connectivity index (χ4v) is 4.45. The number of aryl methyl sites for hydroxylation is 1. The van der Waals surface area contributed by atoms with Gasteiger partial charge in [-0.15, -0.1) is 0 Å². The summed E-state index contributed by atoms with van der Waals surface area (Å²) in [5, 5.41) is 3.33. The first-order chi connectivity index (χ1) is 9.94. The summed E-state index contributed by atoms with van der Waals surface area (Å²) in [5.41, 5.74) is 0. The van der Waals surface area contributed by atoms with Gasteiger partial charge < -0.3 is 9.73 Å². The van der Waals surface area contributed by atoms with Crippen molar-refractivity contribution in [3.63, 3.8) is 0 Å². The average molecular weight is 330 g/mol. The maximum absolute atomic E-state index is 12.4. The molecule has 2 aliphatic carbocycles. The van der Waals surface area contributed by atoms with Gasteiger partial charge >= 0.3 is 0 Å². The third kappa shape index (κ3) is 3.64. The van der Waals surface area contributed by atoms with Gasteiger partial charge in [0.25, 0.3) is 0 Å². The van der Waals surface area contributed by atoms with Crippen LogP contribution in [0.15, 0.2) is 15.4 Å². The number of nitrogens with one attached hydrogen (secondary N) is 2. The van der Waals surface area contributed by atoms with E-state index in [1.807, 2.05) is 6.26 Å². The molecule has 2 fully saturated rings. The quantitative estimate of drug-likeness (QED) is 0.763. The summed E-state index contributed by atoms with van der Waals surface area (Å²) in [4.78, 5) is 0.270. The first-order valence-corrected chi connectivity index (χ1v) is 10.0. The summed E-state index contributed by atoms with van der Waals surface area (Å²) in [6.07, 6.45) is 6.59. The van der Waals surface area contributed by atoms with E-state index in [1.54, 1.807) is 24.8 Å². The number of thioether (sulfide) groups is 1. The Hall–Kier alpha value is -0.500. The lowest BCUT2D eigenvalue weighted by molar-refractivity contribution is 0.456. The van der Waals surface area contributed by atoms with Gasteiger partial charge in [0.1, 0.15) is 16.4 Å². The molecular formula is C14H22N2O3S2. The van der Waals surface area contributed by atoms with Crippen LogP contribution >= 0.6 is 11.8 Å². The van der Waals surface area contributed by atoms with Crippen LogP contribution in [0.3, 0.4) is 0 Å². The molecule has 5 nitrogen and oxygen atoms in total. The second kappa shape index (κ2) is 5.61. The van der Waals surface area contributed by atoms with Gasteiger partial charge in [-0.25, -0.2) is 13.1 Å². The number of hydrogen-bond donors (Lipinski definition) is 2. The summed E-state index contributed by atoms with van der Waals surface area (Å²) in [6.45, 7) is 2.79. The third-order valence-electron chi connectivity index (χ3n) is 4.18. The van der Waals surface area contributed by atoms with Crippen LogP contribution in [0.4, 0.5) is 0 Å². The molecule has 3 rings (SSSR count). The largest absolute Gasteiger partial charge is 0.464 e. The van der Waals surface area contributed by atoms with Crippen LogP contribution in [0.5, 0.6) is 0 Å². The SMILES string of the molecule is CSC1(CNS(=O)(=O)c2cc(CNC3CC3)oc2C)CC1. The summed E-state index contributed by atoms with van der Waals surface area (Å²) in [5.74, 6) is 1.15. The van der Waals surface area contributed by atoms with Crippen LogP contribution in [-0.2, 0) is 16.6 Å². The highest BCUT2D eigenvalue weighted by molar-refractivity contribution is 8.00. The van der Waals surface area contributed by atoms with Crippen molar-refractivity contribution in [1.82, 2.24) is 10.0 Å². The van der Waals surface area contributed by atoms with Gasteiger partial charge in [0.15, 0.2) is 0 Å². The van der Waals surface area contributed by atoms with Crippen molar-refractivity contribution in [2.45, 2.75) is 54.8 Å². The van der Waals surface area contributed by atoms with E-state index in [9.17, 15) is 8.42 Å². The summed E-state index contributed by atoms with van der Waals surface area (Å²) >= 11 is 1.74. The molecular weight excluding hydrogens is 308 g/mol. The summed E-state index contributed by atoms with van der Waals surface area (Å²) in [7, 11) is -3.48. The lowest BCUT2D eigenvalue weighted by Gasteiger charge is -2.12. The standard InChI is InChI=1S/C14H22N2O3S2/c1-10-13(7-12(19-10)8-15-11-3-4-11)21(17,18)16-9-14(20-2)5-6-14/h7,11,15-16H,3-6,8-9H2,1-2H3. The number of rotatable bonds is 8. The normalized spacial score (nSPS) is 20.7. The van der Waals surface area contributed by atoms with Gasteiger partial charge in [-0.3, -0.25) is 0 Å². The highest BCUT2D eigenvalue weighted by atomic mass is 32.2. The molecule has 0 aromatic carbocycles. The number of hydrogen-bond acceptors (Lipinski definition) is 5. The third-order valence-corrected chi connectivity index (χ3v) is 7.11. The van der Waals surface area contributed by atoms with E-state index in [4.69, 9.17) is 4.42 Å². The first kappa shape index (κ1) is 15.4. The second-order valence-electron chi connectivity index (χ2n) is 6.00. The van der Waals surface area contributed by atoms with Crippen LogP contribution < -0.4 is 10.0 Å². The Bertz CT molecular complexity index is 616. The van der Waals surface area contributed by atoms with E-state index in [0.29, 0.717) is 30.7 Å². The molecule has 0 aliphatic heterocycles. The van der Waals surface area contributed by atoms with E-state index >= 15 is 0 Å². The van der Waals surface area contributed by atoms with Gasteiger partial charge in [-0.2, -0.15) is 11.8 Å². The molecule has 0 atom stereocenters. The Kier molecular flexibility index (Phi) is 4.11. The maximum Gasteiger partial charge on any atom is 0.244 e. The predicted molar refractivity (Wildman–Crippen MR) is 84.0 cm³/mol. The molecule has 1 heterocycles. The number of furan rings is 1. The van der Waals surface area contributed by atoms with Crippen molar-refractivity contribution in [3.05, 3.63) is 17.6 Å². The molecule has 118 valence electrons. The minimum atomic E-state index is -3.48. The fraction of sp³-hybridized carbons (Fsp3) is 0.714. The van der Waals surface area contributed by atoms with Crippen LogP contribution in [0.1, 0.15) is 37.2 Å². The Balaban J connectivity index is 1.65. The molecule has 0 saturated heterocycles. The molecule has 0 unspecified atom stereocenters. The Labute approximate surface area is 130 Å². The monoisotopic (exact) mass is 330 g/mol. The smallest absolute Gasteiger partial charge is 0.244 e. The lowest BCUT2D eigenvalue weighted by Crippen LogP contribution is -2.31. The second-order valence-corrected chi connectivity index (χ2v) is 9.01. The van der Waals surface area contributed by atoms with Gasteiger partial charge in [-0.1, -0.05) is 0 Å². The van der Waals surface area contributed by atoms with Crippen molar-refractivity contribution >= 4 is 21.8 Å². The van der Waals surface area contributed by atoms with E-state index < -0.39 is 10.0 Å². The van der Waals surface area contributed by atoms with Gasteiger partial charge in [0.2, 0.25) is 10.0 Å². The molecule has 2 saturated carbocycles. The van der Waals surface area contributed by atoms with E-state index in [-0.39, 0.29) is 9.64 Å². The highest BCUT2D eigenvalue weighted by Crippen LogP contribution is 2.46. The lowest BCUT2D eigenvalue weighted by atomic mass is 10.4. The molecule has 2 N–H and O–H groups in total. The van der Waals surface area contributed by atoms with Crippen molar-refractivity contribution in [1.29, 1.82) is 0 Å². The minimum Gasteiger partial charge on any atom is -0.464 e. The zero-order valence-corrected chi connectivity index (χ0v) is 14.1. The molecule has 2 aliphatic rings. The zero-order valence-electron chi connectivity index (χ0n) is 12.4. The minimum absolute atomic E-state index is 0.112. The predicted octanol–water partition coefficient (Wildman–Crippen LogP) is 2.01. The molecule has 1 aromatic heterocycles. The molecule has 1 aromatic rings. The summed E-state index contributed by atoms with van der Waals surface area (Å²) in [6, 6.07) is 2.22. The van der Waals surface area contributed by atoms with Crippen LogP contribution in [0.2, 0.25) is 0 Å². The first-order valence-electron chi connectivity index (χ1n) is 7.32. The van der Waals surface area contributed by atoms with Crippen LogP contribution in [0, 0.1) is 6.92 Å². The van der Waals surface area contributed by atoms with E-state index in [0.717, 1.165) is 12.8 Å². The van der Waals surface area contributed by atoms with Crippen molar-refractivity contribution in [2.24, 2.45) is 0 Å². The number of sulfonamides is 1. The Morgan fingerprint density at radius 3 is 2.71 bits per heavy atom. The molecule has 0 spiro atoms. The van der Waals surface area contributed by atoms with Crippen molar-refractivity contribution in [3.8, 4) is 0 Å². The highest BCUT2D eigenvalue weighted by Gasteiger charge is 2.42.